The second-order valence-corrected chi connectivity index (χ2v) is 1.24. The van der Waals surface area contributed by atoms with Crippen molar-refractivity contribution in [2.24, 2.45) is 16.5 Å². The summed E-state index contributed by atoms with van der Waals surface area (Å²) in [5.74, 6) is -0.246. The molecular formula is C5H5N5. The number of allylic oxidation sites excluding steroid dienone is 1. The lowest BCUT2D eigenvalue weighted by atomic mass is 10.5. The second kappa shape index (κ2) is 3.93. The Bertz CT molecular complexity index is 248. The van der Waals surface area contributed by atoms with Crippen LogP contribution in [0.2, 0.25) is 0 Å². The lowest BCUT2D eigenvalue weighted by Crippen LogP contribution is -1.97. The average molecular weight is 135 g/mol. The van der Waals surface area contributed by atoms with Crippen LogP contribution in [0.1, 0.15) is 0 Å². The zero-order chi connectivity index (χ0) is 7.98. The average Bonchev–Trinajstić information content (AvgIpc) is 1.99. The van der Waals surface area contributed by atoms with E-state index in [9.17, 15) is 0 Å². The van der Waals surface area contributed by atoms with Crippen LogP contribution in [0.4, 0.5) is 0 Å². The molecule has 0 aliphatic carbocycles. The standard InChI is InChI=1S/C5H5N5/c1-9-5(8)4(2-6)10-3-7/h3H,8H2,(H2,7,10)/b5-4+. The zero-order valence-electron chi connectivity index (χ0n) is 5.07. The van der Waals surface area contributed by atoms with Crippen LogP contribution in [0.3, 0.4) is 0 Å². The first-order valence-electron chi connectivity index (χ1n) is 2.27. The van der Waals surface area contributed by atoms with Gasteiger partial charge in [0.2, 0.25) is 0 Å². The largest absolute Gasteiger partial charge is 0.390 e. The van der Waals surface area contributed by atoms with Gasteiger partial charge in [0.1, 0.15) is 6.07 Å². The number of rotatable bonds is 1. The maximum absolute atomic E-state index is 8.26. The predicted octanol–water partition coefficient (Wildman–Crippen LogP) is -0.456. The monoisotopic (exact) mass is 135 g/mol. The summed E-state index contributed by atoms with van der Waals surface area (Å²) in [5, 5.41) is 8.26. The van der Waals surface area contributed by atoms with Crippen molar-refractivity contribution in [3.63, 3.8) is 0 Å². The van der Waals surface area contributed by atoms with Gasteiger partial charge in [-0.05, 0) is 0 Å². The van der Waals surface area contributed by atoms with Gasteiger partial charge < -0.3 is 16.3 Å². The molecule has 0 aromatic heterocycles. The highest BCUT2D eigenvalue weighted by molar-refractivity contribution is 5.55. The molecule has 0 saturated heterocycles. The van der Waals surface area contributed by atoms with Gasteiger partial charge in [-0.2, -0.15) is 5.26 Å². The molecule has 5 heteroatoms. The molecule has 10 heavy (non-hydrogen) atoms. The fourth-order valence-electron chi connectivity index (χ4n) is 0.280. The molecule has 0 fully saturated rings. The Morgan fingerprint density at radius 2 is 2.40 bits per heavy atom. The minimum atomic E-state index is -0.246. The van der Waals surface area contributed by atoms with E-state index < -0.39 is 0 Å². The SMILES string of the molecule is [C-]#[N+]/C(N)=C(\C#N)N=CN. The normalized spacial score (nSPS) is 11.8. The molecule has 0 amide bonds. The molecule has 0 aromatic rings. The molecule has 0 saturated carbocycles. The minimum Gasteiger partial charge on any atom is -0.390 e. The van der Waals surface area contributed by atoms with Gasteiger partial charge >= 0.3 is 0 Å². The first-order valence-corrected chi connectivity index (χ1v) is 2.27. The molecule has 0 heterocycles. The van der Waals surface area contributed by atoms with E-state index in [4.69, 9.17) is 23.3 Å². The van der Waals surface area contributed by atoms with E-state index in [0.717, 1.165) is 6.34 Å². The lowest BCUT2D eigenvalue weighted by molar-refractivity contribution is 1.27. The summed E-state index contributed by atoms with van der Waals surface area (Å²) in [6.07, 6.45) is 0.913. The van der Waals surface area contributed by atoms with Gasteiger partial charge in [-0.1, -0.05) is 6.57 Å². The first-order chi connectivity index (χ1) is 4.76. The van der Waals surface area contributed by atoms with Gasteiger partial charge in [0.15, 0.2) is 5.70 Å². The lowest BCUT2D eigenvalue weighted by Gasteiger charge is -1.88. The Morgan fingerprint density at radius 1 is 1.80 bits per heavy atom. The molecule has 0 radical (unpaired) electrons. The van der Waals surface area contributed by atoms with E-state index >= 15 is 0 Å². The third kappa shape index (κ3) is 1.85. The van der Waals surface area contributed by atoms with Crippen LogP contribution in [0.5, 0.6) is 0 Å². The summed E-state index contributed by atoms with van der Waals surface area (Å²) in [6.45, 7) is 6.40. The summed E-state index contributed by atoms with van der Waals surface area (Å²) < 4.78 is 0. The Labute approximate surface area is 58.1 Å². The zero-order valence-corrected chi connectivity index (χ0v) is 5.07. The highest BCUT2D eigenvalue weighted by Crippen LogP contribution is 1.98. The predicted molar refractivity (Wildman–Crippen MR) is 36.1 cm³/mol. The molecule has 50 valence electrons. The molecular weight excluding hydrogens is 130 g/mol. The number of nitrogens with two attached hydrogens (primary N) is 2. The summed E-state index contributed by atoms with van der Waals surface area (Å²) in [4.78, 5) is 6.14. The van der Waals surface area contributed by atoms with Crippen molar-refractivity contribution >= 4 is 6.34 Å². The Balaban J connectivity index is 4.72. The highest BCUT2D eigenvalue weighted by Gasteiger charge is 1.95. The van der Waals surface area contributed by atoms with Crippen LogP contribution >= 0.6 is 0 Å². The van der Waals surface area contributed by atoms with E-state index in [1.54, 1.807) is 6.07 Å². The Kier molecular flexibility index (Phi) is 3.14. The smallest absolute Gasteiger partial charge is 0.257 e. The summed E-state index contributed by atoms with van der Waals surface area (Å²) >= 11 is 0. The van der Waals surface area contributed by atoms with Crippen LogP contribution in [-0.4, -0.2) is 6.34 Å². The second-order valence-electron chi connectivity index (χ2n) is 1.24. The van der Waals surface area contributed by atoms with Crippen LogP contribution in [0, 0.1) is 17.9 Å². The maximum atomic E-state index is 8.26. The highest BCUT2D eigenvalue weighted by atomic mass is 14.9. The quantitative estimate of drug-likeness (QED) is 0.220. The molecule has 0 rings (SSSR count). The van der Waals surface area contributed by atoms with Crippen molar-refractivity contribution in [3.05, 3.63) is 22.9 Å². The van der Waals surface area contributed by atoms with Crippen molar-refractivity contribution in [2.75, 3.05) is 0 Å². The van der Waals surface area contributed by atoms with E-state index in [0.29, 0.717) is 0 Å². The Morgan fingerprint density at radius 3 is 2.70 bits per heavy atom. The van der Waals surface area contributed by atoms with Gasteiger partial charge in [0.25, 0.3) is 5.82 Å². The van der Waals surface area contributed by atoms with Crippen LogP contribution in [0.15, 0.2) is 16.5 Å². The van der Waals surface area contributed by atoms with Crippen molar-refractivity contribution in [3.8, 4) is 6.07 Å². The number of nitrogens with zero attached hydrogens (tertiary/aromatic N) is 3. The molecule has 0 spiro atoms. The van der Waals surface area contributed by atoms with Gasteiger partial charge in [-0.3, -0.25) is 0 Å². The molecule has 0 aliphatic rings. The van der Waals surface area contributed by atoms with Crippen LogP contribution in [-0.2, 0) is 0 Å². The van der Waals surface area contributed by atoms with Gasteiger partial charge in [0, 0.05) is 0 Å². The molecule has 0 atom stereocenters. The molecule has 0 bridgehead atoms. The van der Waals surface area contributed by atoms with E-state index in [2.05, 4.69) is 9.84 Å². The number of hydrogen-bond acceptors (Lipinski definition) is 3. The fourth-order valence-corrected chi connectivity index (χ4v) is 0.280. The van der Waals surface area contributed by atoms with Crippen molar-refractivity contribution < 1.29 is 0 Å². The number of nitriles is 1. The molecule has 0 aromatic carbocycles. The van der Waals surface area contributed by atoms with Crippen molar-refractivity contribution in [2.45, 2.75) is 0 Å². The number of hydrogen-bond donors (Lipinski definition) is 2. The molecule has 5 nitrogen and oxygen atoms in total. The topological polar surface area (TPSA) is 92.5 Å². The molecule has 0 aliphatic heterocycles. The third-order valence-electron chi connectivity index (χ3n) is 0.673. The number of aliphatic imine (C=N–C) groups is 1. The van der Waals surface area contributed by atoms with Gasteiger partial charge in [-0.25, -0.2) is 4.99 Å². The molecule has 0 unspecified atom stereocenters. The Hall–Kier alpha value is -2.01. The summed E-state index contributed by atoms with van der Waals surface area (Å²) in [6, 6.07) is 1.62. The van der Waals surface area contributed by atoms with Crippen molar-refractivity contribution in [1.82, 2.24) is 0 Å². The summed E-state index contributed by atoms with van der Waals surface area (Å²) in [7, 11) is 0. The van der Waals surface area contributed by atoms with E-state index in [-0.39, 0.29) is 11.5 Å². The maximum Gasteiger partial charge on any atom is 0.257 e. The fraction of sp³-hybridized carbons (Fsp3) is 0. The van der Waals surface area contributed by atoms with Crippen LogP contribution in [0.25, 0.3) is 4.85 Å². The van der Waals surface area contributed by atoms with E-state index in [1.807, 2.05) is 0 Å². The van der Waals surface area contributed by atoms with Crippen LogP contribution < -0.4 is 11.5 Å². The first kappa shape index (κ1) is 7.99. The van der Waals surface area contributed by atoms with Gasteiger partial charge in [0.05, 0.1) is 6.34 Å². The van der Waals surface area contributed by atoms with E-state index in [1.165, 1.54) is 0 Å². The van der Waals surface area contributed by atoms with Crippen molar-refractivity contribution in [1.29, 1.82) is 5.26 Å². The minimum absolute atomic E-state index is 0.155. The third-order valence-corrected chi connectivity index (χ3v) is 0.673. The molecule has 4 N–H and O–H groups in total. The summed E-state index contributed by atoms with van der Waals surface area (Å²) in [5.41, 5.74) is 9.75. The van der Waals surface area contributed by atoms with Gasteiger partial charge in [-0.15, -0.1) is 0 Å².